The average molecular weight is 278 g/mol. The third kappa shape index (κ3) is 2.47. The number of aliphatic carboxylic acids is 1. The number of benzene rings is 1. The van der Waals surface area contributed by atoms with E-state index < -0.39 is 22.2 Å². The number of nitro benzene ring substituents is 1. The SMILES string of the molecule is Cc1cccc([N+](=O)[O-])c1C(=O)NCC1(C(=O)O)CC1. The van der Waals surface area contributed by atoms with E-state index in [4.69, 9.17) is 5.11 Å². The van der Waals surface area contributed by atoms with E-state index in [1.807, 2.05) is 0 Å². The van der Waals surface area contributed by atoms with Gasteiger partial charge in [-0.2, -0.15) is 0 Å². The van der Waals surface area contributed by atoms with Crippen LogP contribution in [0.3, 0.4) is 0 Å². The summed E-state index contributed by atoms with van der Waals surface area (Å²) >= 11 is 0. The number of carboxylic acid groups (broad SMARTS) is 1. The summed E-state index contributed by atoms with van der Waals surface area (Å²) in [6.45, 7) is 1.60. The second-order valence-corrected chi connectivity index (χ2v) is 4.99. The normalized spacial score (nSPS) is 15.4. The number of carboxylic acids is 1. The van der Waals surface area contributed by atoms with E-state index in [1.54, 1.807) is 13.0 Å². The van der Waals surface area contributed by atoms with Crippen LogP contribution in [0.1, 0.15) is 28.8 Å². The number of hydrogen-bond donors (Lipinski definition) is 2. The van der Waals surface area contributed by atoms with Crippen molar-refractivity contribution in [1.82, 2.24) is 5.32 Å². The van der Waals surface area contributed by atoms with Crippen LogP contribution in [-0.2, 0) is 4.79 Å². The van der Waals surface area contributed by atoms with Crippen molar-refractivity contribution in [3.05, 3.63) is 39.4 Å². The van der Waals surface area contributed by atoms with Gasteiger partial charge in [-0.15, -0.1) is 0 Å². The molecule has 0 bridgehead atoms. The molecule has 1 aliphatic carbocycles. The van der Waals surface area contributed by atoms with Gasteiger partial charge in [0, 0.05) is 12.6 Å². The average Bonchev–Trinajstić information content (AvgIpc) is 3.16. The molecule has 1 fully saturated rings. The molecule has 2 N–H and O–H groups in total. The van der Waals surface area contributed by atoms with Crippen LogP contribution in [0.2, 0.25) is 0 Å². The Morgan fingerprint density at radius 1 is 1.45 bits per heavy atom. The number of rotatable bonds is 5. The Kier molecular flexibility index (Phi) is 3.44. The smallest absolute Gasteiger partial charge is 0.311 e. The Hall–Kier alpha value is -2.44. The van der Waals surface area contributed by atoms with Crippen LogP contribution in [0.4, 0.5) is 5.69 Å². The van der Waals surface area contributed by atoms with Crippen LogP contribution in [0.15, 0.2) is 18.2 Å². The number of amides is 1. The number of carbonyl (C=O) groups is 2. The third-order valence-electron chi connectivity index (χ3n) is 3.57. The minimum atomic E-state index is -0.947. The van der Waals surface area contributed by atoms with Crippen LogP contribution in [-0.4, -0.2) is 28.5 Å². The molecule has 0 aliphatic heterocycles. The lowest BCUT2D eigenvalue weighted by Gasteiger charge is -2.12. The Balaban J connectivity index is 2.18. The van der Waals surface area contributed by atoms with Crippen LogP contribution in [0, 0.1) is 22.5 Å². The summed E-state index contributed by atoms with van der Waals surface area (Å²) in [5.41, 5.74) is -0.703. The monoisotopic (exact) mass is 278 g/mol. The lowest BCUT2D eigenvalue weighted by Crippen LogP contribution is -2.34. The molecule has 7 heteroatoms. The number of carbonyl (C=O) groups excluding carboxylic acids is 1. The summed E-state index contributed by atoms with van der Waals surface area (Å²) in [6, 6.07) is 4.36. The lowest BCUT2D eigenvalue weighted by molar-refractivity contribution is -0.385. The predicted octanol–water partition coefficient (Wildman–Crippen LogP) is 1.50. The molecule has 2 rings (SSSR count). The van der Waals surface area contributed by atoms with E-state index in [9.17, 15) is 19.7 Å². The summed E-state index contributed by atoms with van der Waals surface area (Å²) in [5.74, 6) is -1.56. The first-order chi connectivity index (χ1) is 9.37. The second kappa shape index (κ2) is 4.92. The molecule has 106 valence electrons. The zero-order valence-electron chi connectivity index (χ0n) is 10.9. The number of nitrogens with zero attached hydrogens (tertiary/aromatic N) is 1. The predicted molar refractivity (Wildman–Crippen MR) is 69.5 cm³/mol. The molecule has 20 heavy (non-hydrogen) atoms. The Morgan fingerprint density at radius 3 is 2.60 bits per heavy atom. The van der Waals surface area contributed by atoms with Gasteiger partial charge in [-0.3, -0.25) is 19.7 Å². The molecular weight excluding hydrogens is 264 g/mol. The second-order valence-electron chi connectivity index (χ2n) is 4.99. The van der Waals surface area contributed by atoms with Gasteiger partial charge in [-0.05, 0) is 25.3 Å². The van der Waals surface area contributed by atoms with Gasteiger partial charge in [0.15, 0.2) is 0 Å². The summed E-state index contributed by atoms with van der Waals surface area (Å²) in [4.78, 5) is 33.4. The van der Waals surface area contributed by atoms with Crippen molar-refractivity contribution in [2.45, 2.75) is 19.8 Å². The Morgan fingerprint density at radius 2 is 2.10 bits per heavy atom. The van der Waals surface area contributed by atoms with Gasteiger partial charge in [-0.1, -0.05) is 12.1 Å². The van der Waals surface area contributed by atoms with Crippen LogP contribution < -0.4 is 5.32 Å². The minimum Gasteiger partial charge on any atom is -0.481 e. The summed E-state index contributed by atoms with van der Waals surface area (Å²) in [5, 5.41) is 22.5. The standard InChI is InChI=1S/C13H14N2O5/c1-8-3-2-4-9(15(19)20)10(8)11(16)14-7-13(5-6-13)12(17)18/h2-4H,5-7H2,1H3,(H,14,16)(H,17,18). The largest absolute Gasteiger partial charge is 0.481 e. The van der Waals surface area contributed by atoms with E-state index in [1.165, 1.54) is 12.1 Å². The zero-order valence-corrected chi connectivity index (χ0v) is 10.9. The highest BCUT2D eigenvalue weighted by molar-refractivity contribution is 5.99. The number of nitro groups is 1. The van der Waals surface area contributed by atoms with Gasteiger partial charge in [0.05, 0.1) is 10.3 Å². The maximum Gasteiger partial charge on any atom is 0.311 e. The summed E-state index contributed by atoms with van der Waals surface area (Å²) in [6.07, 6.45) is 1.02. The van der Waals surface area contributed by atoms with Crippen molar-refractivity contribution in [3.63, 3.8) is 0 Å². The quantitative estimate of drug-likeness (QED) is 0.626. The zero-order chi connectivity index (χ0) is 14.9. The molecule has 0 atom stereocenters. The fraction of sp³-hybridized carbons (Fsp3) is 0.385. The van der Waals surface area contributed by atoms with Gasteiger partial charge < -0.3 is 10.4 Å². The van der Waals surface area contributed by atoms with Crippen LogP contribution in [0.5, 0.6) is 0 Å². The first-order valence-corrected chi connectivity index (χ1v) is 6.13. The molecule has 1 saturated carbocycles. The van der Waals surface area contributed by atoms with E-state index in [0.29, 0.717) is 18.4 Å². The van der Waals surface area contributed by atoms with E-state index in [-0.39, 0.29) is 17.8 Å². The van der Waals surface area contributed by atoms with Gasteiger partial charge in [-0.25, -0.2) is 0 Å². The fourth-order valence-corrected chi connectivity index (χ4v) is 2.05. The number of nitrogens with one attached hydrogen (secondary N) is 1. The number of aryl methyl sites for hydroxylation is 1. The molecule has 0 saturated heterocycles. The molecule has 0 spiro atoms. The number of hydrogen-bond acceptors (Lipinski definition) is 4. The third-order valence-corrected chi connectivity index (χ3v) is 3.57. The van der Waals surface area contributed by atoms with Crippen LogP contribution in [0.25, 0.3) is 0 Å². The fourth-order valence-electron chi connectivity index (χ4n) is 2.05. The molecule has 0 heterocycles. The van der Waals surface area contributed by atoms with Crippen molar-refractivity contribution in [2.24, 2.45) is 5.41 Å². The lowest BCUT2D eigenvalue weighted by atomic mass is 10.0. The molecule has 0 unspecified atom stereocenters. The van der Waals surface area contributed by atoms with Gasteiger partial charge in [0.2, 0.25) is 0 Å². The van der Waals surface area contributed by atoms with Crippen molar-refractivity contribution in [2.75, 3.05) is 6.54 Å². The molecular formula is C13H14N2O5. The molecule has 1 aromatic carbocycles. The van der Waals surface area contributed by atoms with E-state index in [2.05, 4.69) is 5.32 Å². The topological polar surface area (TPSA) is 110 Å². The molecule has 7 nitrogen and oxygen atoms in total. The highest BCUT2D eigenvalue weighted by Crippen LogP contribution is 2.45. The maximum absolute atomic E-state index is 12.1. The van der Waals surface area contributed by atoms with Gasteiger partial charge in [0.25, 0.3) is 11.6 Å². The van der Waals surface area contributed by atoms with Crippen molar-refractivity contribution in [1.29, 1.82) is 0 Å². The first-order valence-electron chi connectivity index (χ1n) is 6.13. The van der Waals surface area contributed by atoms with Crippen molar-refractivity contribution < 1.29 is 19.6 Å². The van der Waals surface area contributed by atoms with E-state index >= 15 is 0 Å². The van der Waals surface area contributed by atoms with Crippen LogP contribution >= 0.6 is 0 Å². The molecule has 1 amide bonds. The molecule has 0 aromatic heterocycles. The minimum absolute atomic E-state index is 0.00729. The maximum atomic E-state index is 12.1. The van der Waals surface area contributed by atoms with Crippen molar-refractivity contribution in [3.8, 4) is 0 Å². The Labute approximate surface area is 114 Å². The highest BCUT2D eigenvalue weighted by Gasteiger charge is 2.50. The Bertz CT molecular complexity index is 592. The van der Waals surface area contributed by atoms with E-state index in [0.717, 1.165) is 0 Å². The molecule has 1 aliphatic rings. The first kappa shape index (κ1) is 14.0. The highest BCUT2D eigenvalue weighted by atomic mass is 16.6. The molecule has 0 radical (unpaired) electrons. The summed E-state index contributed by atoms with van der Waals surface area (Å²) < 4.78 is 0. The van der Waals surface area contributed by atoms with Crippen molar-refractivity contribution >= 4 is 17.6 Å². The van der Waals surface area contributed by atoms with Gasteiger partial charge >= 0.3 is 5.97 Å². The molecule has 1 aromatic rings. The summed E-state index contributed by atoms with van der Waals surface area (Å²) in [7, 11) is 0. The van der Waals surface area contributed by atoms with Gasteiger partial charge in [0.1, 0.15) is 5.56 Å².